The molecule has 1 amide bonds. The molecular formula is C38H41F2N3O8S2. The monoisotopic (exact) mass is 769 g/mol. The van der Waals surface area contributed by atoms with E-state index in [1.165, 1.54) is 34.9 Å². The van der Waals surface area contributed by atoms with Crippen molar-refractivity contribution < 1.29 is 47.2 Å². The molecule has 0 radical (unpaired) electrons. The van der Waals surface area contributed by atoms with Gasteiger partial charge in [-0.05, 0) is 66.1 Å². The Labute approximate surface area is 316 Å². The van der Waals surface area contributed by atoms with Gasteiger partial charge >= 0.3 is 5.97 Å². The standard InChI is InChI=1S/C38H41F2N3O8S2/c39-30-5-2-27(23-31(30)40)26-3-6-32(50-20-13-41-9-16-47-17-10-41)29(22-26)25-35-36(44)43(38(52)53-35)8-1-15-49-33-7-4-28(37(45)46)24-34(33)51-21-14-42-11-18-48-19-12-42/h2-7,22-25H,1,8-21H2,(H,45,46). The predicted molar refractivity (Wildman–Crippen MR) is 201 cm³/mol. The average Bonchev–Trinajstić information content (AvgIpc) is 3.43. The molecule has 1 N–H and O–H groups in total. The molecule has 282 valence electrons. The Morgan fingerprint density at radius 2 is 1.38 bits per heavy atom. The first-order chi connectivity index (χ1) is 25.7. The molecule has 3 fully saturated rings. The van der Waals surface area contributed by atoms with Crippen molar-refractivity contribution in [1.82, 2.24) is 14.7 Å². The number of thioether (sulfide) groups is 1. The quantitative estimate of drug-likeness (QED) is 0.114. The van der Waals surface area contributed by atoms with Crippen molar-refractivity contribution in [3.05, 3.63) is 82.3 Å². The predicted octanol–water partition coefficient (Wildman–Crippen LogP) is 5.42. The molecule has 0 saturated carbocycles. The lowest BCUT2D eigenvalue weighted by Gasteiger charge is -2.26. The van der Waals surface area contributed by atoms with Gasteiger partial charge in [-0.2, -0.15) is 0 Å². The van der Waals surface area contributed by atoms with Gasteiger partial charge in [0.05, 0.1) is 43.5 Å². The van der Waals surface area contributed by atoms with Crippen LogP contribution in [0, 0.1) is 11.6 Å². The summed E-state index contributed by atoms with van der Waals surface area (Å²) in [6, 6.07) is 13.5. The van der Waals surface area contributed by atoms with E-state index in [9.17, 15) is 23.5 Å². The Kier molecular flexibility index (Phi) is 13.7. The van der Waals surface area contributed by atoms with Crippen LogP contribution in [0.1, 0.15) is 22.3 Å². The third-order valence-corrected chi connectivity index (χ3v) is 10.3. The maximum absolute atomic E-state index is 14.1. The summed E-state index contributed by atoms with van der Waals surface area (Å²) >= 11 is 6.77. The second kappa shape index (κ2) is 18.8. The molecule has 0 atom stereocenters. The van der Waals surface area contributed by atoms with E-state index in [1.807, 2.05) is 0 Å². The summed E-state index contributed by atoms with van der Waals surface area (Å²) in [7, 11) is 0. The van der Waals surface area contributed by atoms with Crippen molar-refractivity contribution in [2.45, 2.75) is 6.42 Å². The molecule has 3 aromatic carbocycles. The van der Waals surface area contributed by atoms with Crippen LogP contribution in [0.3, 0.4) is 0 Å². The molecule has 0 spiro atoms. The number of halogens is 2. The molecule has 3 saturated heterocycles. The van der Waals surface area contributed by atoms with E-state index in [-0.39, 0.29) is 18.1 Å². The molecule has 0 aromatic heterocycles. The third-order valence-electron chi connectivity index (χ3n) is 8.93. The summed E-state index contributed by atoms with van der Waals surface area (Å²) in [5, 5.41) is 9.50. The average molecular weight is 770 g/mol. The lowest BCUT2D eigenvalue weighted by Crippen LogP contribution is -2.38. The summed E-state index contributed by atoms with van der Waals surface area (Å²) < 4.78 is 57.2. The van der Waals surface area contributed by atoms with E-state index in [0.717, 1.165) is 38.3 Å². The number of morpholine rings is 2. The molecule has 53 heavy (non-hydrogen) atoms. The molecule has 3 aliphatic rings. The number of benzene rings is 3. The van der Waals surface area contributed by atoms with Crippen molar-refractivity contribution >= 4 is 46.3 Å². The first kappa shape index (κ1) is 38.6. The zero-order valence-electron chi connectivity index (χ0n) is 29.1. The van der Waals surface area contributed by atoms with Gasteiger partial charge in [-0.3, -0.25) is 19.5 Å². The van der Waals surface area contributed by atoms with Crippen LogP contribution in [0.5, 0.6) is 17.2 Å². The van der Waals surface area contributed by atoms with Crippen LogP contribution >= 0.6 is 24.0 Å². The fraction of sp³-hybridized carbons (Fsp3) is 0.395. The topological polar surface area (TPSA) is 110 Å². The van der Waals surface area contributed by atoms with Crippen molar-refractivity contribution in [3.63, 3.8) is 0 Å². The number of carbonyl (C=O) groups excluding carboxylic acids is 1. The number of ether oxygens (including phenoxy) is 5. The van der Waals surface area contributed by atoms with E-state index in [1.54, 1.807) is 30.3 Å². The number of nitrogens with zero attached hydrogens (tertiary/aromatic N) is 3. The molecule has 11 nitrogen and oxygen atoms in total. The molecule has 0 unspecified atom stereocenters. The number of carbonyl (C=O) groups is 2. The highest BCUT2D eigenvalue weighted by Crippen LogP contribution is 2.36. The number of carboxylic acid groups (broad SMARTS) is 1. The summed E-state index contributed by atoms with van der Waals surface area (Å²) in [4.78, 5) is 31.6. The minimum Gasteiger partial charge on any atom is -0.492 e. The molecule has 0 bridgehead atoms. The van der Waals surface area contributed by atoms with Crippen LogP contribution in [0.2, 0.25) is 0 Å². The molecule has 3 aromatic rings. The first-order valence-electron chi connectivity index (χ1n) is 17.5. The Morgan fingerprint density at radius 3 is 2.04 bits per heavy atom. The van der Waals surface area contributed by atoms with E-state index in [2.05, 4.69) is 9.80 Å². The van der Waals surface area contributed by atoms with Gasteiger partial charge in [0, 0.05) is 51.4 Å². The normalized spacial score (nSPS) is 17.8. The van der Waals surface area contributed by atoms with Gasteiger partial charge in [-0.15, -0.1) is 0 Å². The maximum Gasteiger partial charge on any atom is 0.335 e. The van der Waals surface area contributed by atoms with E-state index in [0.29, 0.717) is 109 Å². The number of thiocarbonyl (C=S) groups is 1. The van der Waals surface area contributed by atoms with Crippen LogP contribution in [-0.4, -0.2) is 128 Å². The smallest absolute Gasteiger partial charge is 0.335 e. The van der Waals surface area contributed by atoms with Crippen molar-refractivity contribution in [3.8, 4) is 28.4 Å². The molecular weight excluding hydrogens is 729 g/mol. The van der Waals surface area contributed by atoms with Gasteiger partial charge in [-0.25, -0.2) is 13.6 Å². The van der Waals surface area contributed by atoms with Crippen LogP contribution in [0.4, 0.5) is 8.78 Å². The largest absolute Gasteiger partial charge is 0.492 e. The maximum atomic E-state index is 14.1. The highest BCUT2D eigenvalue weighted by atomic mass is 32.2. The van der Waals surface area contributed by atoms with Gasteiger partial charge < -0.3 is 28.8 Å². The zero-order chi connectivity index (χ0) is 37.2. The number of aromatic carboxylic acids is 1. The second-order valence-corrected chi connectivity index (χ2v) is 14.2. The minimum absolute atomic E-state index is 0.0871. The van der Waals surface area contributed by atoms with Gasteiger partial charge in [-0.1, -0.05) is 36.1 Å². The highest BCUT2D eigenvalue weighted by Gasteiger charge is 2.32. The second-order valence-electron chi connectivity index (χ2n) is 12.5. The number of amides is 1. The number of rotatable bonds is 16. The fourth-order valence-corrected chi connectivity index (χ4v) is 7.28. The van der Waals surface area contributed by atoms with Crippen molar-refractivity contribution in [1.29, 1.82) is 0 Å². The molecule has 0 aliphatic carbocycles. The summed E-state index contributed by atoms with van der Waals surface area (Å²) in [5.74, 6) is -1.94. The highest BCUT2D eigenvalue weighted by molar-refractivity contribution is 8.26. The Morgan fingerprint density at radius 1 is 0.774 bits per heavy atom. The number of hydrogen-bond donors (Lipinski definition) is 1. The Balaban J connectivity index is 1.10. The van der Waals surface area contributed by atoms with Gasteiger partial charge in [0.15, 0.2) is 23.1 Å². The Bertz CT molecular complexity index is 1820. The zero-order valence-corrected chi connectivity index (χ0v) is 30.7. The van der Waals surface area contributed by atoms with Crippen LogP contribution in [0.15, 0.2) is 59.5 Å². The Hall–Kier alpha value is -4.12. The lowest BCUT2D eigenvalue weighted by atomic mass is 10.0. The molecule has 3 aliphatic heterocycles. The lowest BCUT2D eigenvalue weighted by molar-refractivity contribution is -0.122. The van der Waals surface area contributed by atoms with Crippen molar-refractivity contribution in [2.24, 2.45) is 0 Å². The summed E-state index contributed by atoms with van der Waals surface area (Å²) in [5.41, 5.74) is 1.80. The van der Waals surface area contributed by atoms with E-state index < -0.39 is 17.6 Å². The molecule has 15 heteroatoms. The fourth-order valence-electron chi connectivity index (χ4n) is 5.98. The third kappa shape index (κ3) is 10.5. The van der Waals surface area contributed by atoms with E-state index in [4.69, 9.17) is 35.9 Å². The van der Waals surface area contributed by atoms with E-state index >= 15 is 0 Å². The van der Waals surface area contributed by atoms with Crippen LogP contribution in [-0.2, 0) is 14.3 Å². The van der Waals surface area contributed by atoms with Gasteiger partial charge in [0.1, 0.15) is 23.3 Å². The number of carboxylic acids is 1. The van der Waals surface area contributed by atoms with Crippen LogP contribution in [0.25, 0.3) is 17.2 Å². The van der Waals surface area contributed by atoms with Crippen LogP contribution < -0.4 is 14.2 Å². The van der Waals surface area contributed by atoms with Crippen molar-refractivity contribution in [2.75, 3.05) is 92.1 Å². The SMILES string of the molecule is O=C(O)c1ccc(OCCCN2C(=O)C(=Cc3cc(-c4ccc(F)c(F)c4)ccc3OCCN3CCOCC3)SC2=S)c(OCCN2CCOCC2)c1. The summed E-state index contributed by atoms with van der Waals surface area (Å²) in [6.07, 6.45) is 2.16. The van der Waals surface area contributed by atoms with Gasteiger partial charge in [0.25, 0.3) is 5.91 Å². The summed E-state index contributed by atoms with van der Waals surface area (Å²) in [6.45, 7) is 8.58. The minimum atomic E-state index is -1.07. The molecule has 3 heterocycles. The molecule has 6 rings (SSSR count). The number of hydrogen-bond acceptors (Lipinski definition) is 11. The van der Waals surface area contributed by atoms with Gasteiger partial charge in [0.2, 0.25) is 0 Å². The first-order valence-corrected chi connectivity index (χ1v) is 18.7.